The van der Waals surface area contributed by atoms with E-state index in [0.717, 1.165) is 12.1 Å². The van der Waals surface area contributed by atoms with Crippen molar-refractivity contribution in [1.29, 1.82) is 0 Å². The Labute approximate surface area is 128 Å². The number of primary amides is 1. The Morgan fingerprint density at radius 2 is 2.05 bits per heavy atom. The summed E-state index contributed by atoms with van der Waals surface area (Å²) in [7, 11) is 0. The summed E-state index contributed by atoms with van der Waals surface area (Å²) >= 11 is 1.61. The van der Waals surface area contributed by atoms with Gasteiger partial charge in [0.15, 0.2) is 5.69 Å². The van der Waals surface area contributed by atoms with Crippen LogP contribution in [0.4, 0.5) is 13.2 Å². The van der Waals surface area contributed by atoms with Gasteiger partial charge in [0.1, 0.15) is 17.2 Å². The molecule has 1 aromatic heterocycles. The van der Waals surface area contributed by atoms with E-state index in [1.165, 1.54) is 0 Å². The number of nitrogens with one attached hydrogen (secondary N) is 1. The van der Waals surface area contributed by atoms with Gasteiger partial charge in [0.2, 0.25) is 0 Å². The highest BCUT2D eigenvalue weighted by Gasteiger charge is 2.32. The van der Waals surface area contributed by atoms with Crippen LogP contribution in [-0.4, -0.2) is 32.8 Å². The number of aromatic hydroxyl groups is 1. The van der Waals surface area contributed by atoms with Gasteiger partial charge in [0.25, 0.3) is 5.91 Å². The average Bonchev–Trinajstić information content (AvgIpc) is 2.80. The number of hydrogen-bond donors (Lipinski definition) is 3. The third-order valence-electron chi connectivity index (χ3n) is 2.31. The fourth-order valence-electron chi connectivity index (χ4n) is 1.54. The molecule has 1 aromatic carbocycles. The summed E-state index contributed by atoms with van der Waals surface area (Å²) in [4.78, 5) is 11.2. The van der Waals surface area contributed by atoms with Crippen LogP contribution >= 0.6 is 22.6 Å². The lowest BCUT2D eigenvalue weighted by molar-refractivity contribution is -0.274. The van der Waals surface area contributed by atoms with E-state index in [1.54, 1.807) is 22.6 Å². The number of halogens is 4. The van der Waals surface area contributed by atoms with Crippen LogP contribution in [0.2, 0.25) is 0 Å². The minimum absolute atomic E-state index is 0.0720. The molecule has 1 heterocycles. The zero-order chi connectivity index (χ0) is 15.8. The number of H-pyrrole nitrogens is 1. The third kappa shape index (κ3) is 3.34. The number of rotatable bonds is 3. The second-order valence-corrected chi connectivity index (χ2v) is 4.90. The molecule has 1 amide bonds. The smallest absolute Gasteiger partial charge is 0.506 e. The Balaban J connectivity index is 2.57. The number of carbonyl (C=O) groups excluding carboxylic acids is 1. The maximum absolute atomic E-state index is 12.3. The van der Waals surface area contributed by atoms with Crippen LogP contribution in [0.25, 0.3) is 11.3 Å². The van der Waals surface area contributed by atoms with Gasteiger partial charge in [-0.2, -0.15) is 15.4 Å². The first kappa shape index (κ1) is 15.3. The number of nitrogens with zero attached hydrogens (tertiary/aromatic N) is 2. The quantitative estimate of drug-likeness (QED) is 0.663. The molecule has 0 aliphatic rings. The summed E-state index contributed by atoms with van der Waals surface area (Å²) in [5.74, 6) is -1.89. The van der Waals surface area contributed by atoms with Crippen molar-refractivity contribution in [3.05, 3.63) is 21.4 Å². The molecule has 0 bridgehead atoms. The van der Waals surface area contributed by atoms with E-state index in [0.29, 0.717) is 0 Å². The molecule has 0 saturated heterocycles. The van der Waals surface area contributed by atoms with Crippen molar-refractivity contribution in [2.24, 2.45) is 5.73 Å². The molecule has 2 aromatic rings. The number of ether oxygens (including phenoxy) is 1. The van der Waals surface area contributed by atoms with Crippen molar-refractivity contribution >= 4 is 28.5 Å². The monoisotopic (exact) mass is 414 g/mol. The summed E-state index contributed by atoms with van der Waals surface area (Å²) in [6, 6.07) is 1.87. The molecule has 21 heavy (non-hydrogen) atoms. The predicted molar refractivity (Wildman–Crippen MR) is 71.4 cm³/mol. The highest BCUT2D eigenvalue weighted by molar-refractivity contribution is 14.1. The van der Waals surface area contributed by atoms with Crippen molar-refractivity contribution < 1.29 is 27.8 Å². The third-order valence-corrected chi connectivity index (χ3v) is 3.13. The molecule has 0 aliphatic heterocycles. The number of amides is 1. The molecule has 0 fully saturated rings. The molecular weight excluding hydrogens is 408 g/mol. The van der Waals surface area contributed by atoms with Gasteiger partial charge in [-0.3, -0.25) is 4.79 Å². The predicted octanol–water partition coefficient (Wildman–Crippen LogP) is 1.78. The summed E-state index contributed by atoms with van der Waals surface area (Å²) in [5.41, 5.74) is 4.41. The van der Waals surface area contributed by atoms with Crippen LogP contribution in [-0.2, 0) is 0 Å². The summed E-state index contributed by atoms with van der Waals surface area (Å²) in [6.45, 7) is 0. The Bertz CT molecular complexity index is 701. The first-order valence-electron chi connectivity index (χ1n) is 5.18. The van der Waals surface area contributed by atoms with E-state index in [-0.39, 0.29) is 26.3 Å². The lowest BCUT2D eigenvalue weighted by Crippen LogP contribution is -2.17. The fourth-order valence-corrected chi connectivity index (χ4v) is 2.14. The number of alkyl halides is 3. The zero-order valence-corrected chi connectivity index (χ0v) is 12.1. The summed E-state index contributed by atoms with van der Waals surface area (Å²) in [5, 5.41) is 19.1. The van der Waals surface area contributed by atoms with E-state index in [2.05, 4.69) is 20.1 Å². The van der Waals surface area contributed by atoms with Crippen molar-refractivity contribution in [2.75, 3.05) is 0 Å². The van der Waals surface area contributed by atoms with Gasteiger partial charge in [0.05, 0.1) is 9.13 Å². The van der Waals surface area contributed by atoms with Crippen molar-refractivity contribution in [1.82, 2.24) is 15.4 Å². The van der Waals surface area contributed by atoms with E-state index < -0.39 is 18.0 Å². The van der Waals surface area contributed by atoms with Gasteiger partial charge in [0, 0.05) is 0 Å². The van der Waals surface area contributed by atoms with Crippen molar-refractivity contribution in [2.45, 2.75) is 6.36 Å². The molecular formula is C10H6F3IN4O3. The Morgan fingerprint density at radius 3 is 2.62 bits per heavy atom. The maximum Gasteiger partial charge on any atom is 0.573 e. The lowest BCUT2D eigenvalue weighted by Gasteiger charge is -2.12. The van der Waals surface area contributed by atoms with E-state index in [4.69, 9.17) is 5.73 Å². The van der Waals surface area contributed by atoms with E-state index in [1.807, 2.05) is 0 Å². The molecule has 0 saturated carbocycles. The van der Waals surface area contributed by atoms with Crippen molar-refractivity contribution in [3.63, 3.8) is 0 Å². The normalized spacial score (nSPS) is 11.4. The molecule has 4 N–H and O–H groups in total. The molecule has 7 nitrogen and oxygen atoms in total. The summed E-state index contributed by atoms with van der Waals surface area (Å²) in [6.07, 6.45) is -4.90. The number of nitrogens with two attached hydrogens (primary N) is 1. The fraction of sp³-hybridized carbons (Fsp3) is 0.100. The second kappa shape index (κ2) is 5.38. The molecule has 0 unspecified atom stereocenters. The highest BCUT2D eigenvalue weighted by Crippen LogP contribution is 2.38. The van der Waals surface area contributed by atoms with E-state index in [9.17, 15) is 23.1 Å². The number of hydrogen-bond acceptors (Lipinski definition) is 5. The van der Waals surface area contributed by atoms with Crippen LogP contribution in [0.1, 0.15) is 10.5 Å². The molecule has 112 valence electrons. The maximum atomic E-state index is 12.3. The lowest BCUT2D eigenvalue weighted by atomic mass is 10.1. The number of benzene rings is 1. The van der Waals surface area contributed by atoms with Gasteiger partial charge in [-0.1, -0.05) is 0 Å². The Hall–Kier alpha value is -2.05. The Kier molecular flexibility index (Phi) is 3.93. The zero-order valence-electron chi connectivity index (χ0n) is 9.90. The standard InChI is InChI=1S/C10H6F3IN4O3/c11-10(12,13)21-3-1-4(8(19)5(14)2-3)6-7(9(15)20)17-18-16-6/h1-2,19H,(H2,15,20)(H,16,17,18). The highest BCUT2D eigenvalue weighted by atomic mass is 127. The number of phenols is 1. The largest absolute Gasteiger partial charge is 0.573 e. The topological polar surface area (TPSA) is 114 Å². The first-order chi connectivity index (χ1) is 9.69. The minimum Gasteiger partial charge on any atom is -0.506 e. The molecule has 0 aliphatic carbocycles. The van der Waals surface area contributed by atoms with Crippen LogP contribution in [0.5, 0.6) is 11.5 Å². The average molecular weight is 414 g/mol. The van der Waals surface area contributed by atoms with Gasteiger partial charge < -0.3 is 15.6 Å². The molecule has 2 rings (SSSR count). The summed E-state index contributed by atoms with van der Waals surface area (Å²) < 4.78 is 40.6. The second-order valence-electron chi connectivity index (χ2n) is 3.73. The number of aromatic nitrogens is 3. The van der Waals surface area contributed by atoms with Gasteiger partial charge in [-0.05, 0) is 34.7 Å². The minimum atomic E-state index is -4.90. The molecule has 0 atom stereocenters. The van der Waals surface area contributed by atoms with Gasteiger partial charge >= 0.3 is 6.36 Å². The molecule has 0 radical (unpaired) electrons. The van der Waals surface area contributed by atoms with Gasteiger partial charge in [-0.15, -0.1) is 13.2 Å². The van der Waals surface area contributed by atoms with Crippen LogP contribution in [0.3, 0.4) is 0 Å². The van der Waals surface area contributed by atoms with Crippen LogP contribution in [0.15, 0.2) is 12.1 Å². The Morgan fingerprint density at radius 1 is 1.38 bits per heavy atom. The first-order valence-corrected chi connectivity index (χ1v) is 6.26. The molecule has 0 spiro atoms. The molecule has 11 heteroatoms. The number of phenolic OH excluding ortho intramolecular Hbond substituents is 1. The SMILES string of the molecule is NC(=O)c1n[nH]nc1-c1cc(OC(F)(F)F)cc(I)c1O. The van der Waals surface area contributed by atoms with Crippen molar-refractivity contribution in [3.8, 4) is 22.8 Å². The number of aromatic amines is 1. The van der Waals surface area contributed by atoms with Crippen LogP contribution < -0.4 is 10.5 Å². The van der Waals surface area contributed by atoms with Gasteiger partial charge in [-0.25, -0.2) is 0 Å². The van der Waals surface area contributed by atoms with E-state index >= 15 is 0 Å². The number of carbonyl (C=O) groups is 1. The van der Waals surface area contributed by atoms with Crippen LogP contribution in [0, 0.1) is 3.57 Å².